The van der Waals surface area contributed by atoms with Crippen LogP contribution >= 0.6 is 0 Å². The van der Waals surface area contributed by atoms with Crippen LogP contribution in [0.2, 0.25) is 0 Å². The summed E-state index contributed by atoms with van der Waals surface area (Å²) in [5.41, 5.74) is 0.525. The molecular formula is C24H19FN2O4S. The highest BCUT2D eigenvalue weighted by atomic mass is 32.2. The van der Waals surface area contributed by atoms with Gasteiger partial charge in [0.25, 0.3) is 10.0 Å². The highest BCUT2D eigenvalue weighted by Crippen LogP contribution is 2.29. The predicted octanol–water partition coefficient (Wildman–Crippen LogP) is 5.53. The van der Waals surface area contributed by atoms with Crippen LogP contribution in [0.4, 0.5) is 15.8 Å². The second kappa shape index (κ2) is 8.68. The molecule has 0 spiro atoms. The third kappa shape index (κ3) is 4.87. The van der Waals surface area contributed by atoms with Crippen molar-refractivity contribution in [2.45, 2.75) is 11.8 Å². The van der Waals surface area contributed by atoms with Crippen molar-refractivity contribution in [1.82, 2.24) is 0 Å². The first-order valence-corrected chi connectivity index (χ1v) is 11.2. The number of amides is 1. The molecule has 0 atom stereocenters. The van der Waals surface area contributed by atoms with E-state index in [1.165, 1.54) is 43.3 Å². The zero-order chi connectivity index (χ0) is 22.7. The number of hydrogen-bond donors (Lipinski definition) is 2. The van der Waals surface area contributed by atoms with Crippen molar-refractivity contribution in [3.8, 4) is 11.5 Å². The second-order valence-electron chi connectivity index (χ2n) is 7.07. The highest BCUT2D eigenvalue weighted by Gasteiger charge is 2.16. The van der Waals surface area contributed by atoms with Crippen LogP contribution in [0.3, 0.4) is 0 Å². The number of sulfonamides is 1. The average molecular weight is 450 g/mol. The number of ether oxygens (including phenoxy) is 1. The average Bonchev–Trinajstić information content (AvgIpc) is 2.75. The molecule has 4 aromatic carbocycles. The van der Waals surface area contributed by atoms with E-state index in [1.807, 2.05) is 30.3 Å². The third-order valence-corrected chi connectivity index (χ3v) is 6.02. The Labute approximate surface area is 184 Å². The van der Waals surface area contributed by atoms with Gasteiger partial charge in [-0.3, -0.25) is 9.52 Å². The van der Waals surface area contributed by atoms with Crippen molar-refractivity contribution < 1.29 is 22.3 Å². The van der Waals surface area contributed by atoms with Gasteiger partial charge >= 0.3 is 0 Å². The predicted molar refractivity (Wildman–Crippen MR) is 122 cm³/mol. The fourth-order valence-corrected chi connectivity index (χ4v) is 4.19. The van der Waals surface area contributed by atoms with Gasteiger partial charge in [-0.2, -0.15) is 0 Å². The number of fused-ring (bicyclic) bond motifs is 1. The largest absolute Gasteiger partial charge is 0.454 e. The number of benzene rings is 4. The third-order valence-electron chi connectivity index (χ3n) is 4.62. The first kappa shape index (κ1) is 21.3. The minimum absolute atomic E-state index is 0.0245. The van der Waals surface area contributed by atoms with E-state index in [-0.39, 0.29) is 22.2 Å². The molecule has 0 unspecified atom stereocenters. The summed E-state index contributed by atoms with van der Waals surface area (Å²) in [6.07, 6.45) is 0. The van der Waals surface area contributed by atoms with Gasteiger partial charge in [0.15, 0.2) is 11.6 Å². The van der Waals surface area contributed by atoms with Gasteiger partial charge in [0.2, 0.25) is 5.91 Å². The molecule has 0 saturated carbocycles. The Bertz CT molecular complexity index is 1400. The Morgan fingerprint density at radius 1 is 0.844 bits per heavy atom. The molecule has 0 saturated heterocycles. The molecular weight excluding hydrogens is 431 g/mol. The standard InChI is InChI=1S/C24H19FN2O4S/c1-16(28)26-19-7-11-22(12-8-19)32(29,30)27-20-9-13-24(23(25)15-20)31-21-10-6-17-4-2-3-5-18(17)14-21/h2-15,27H,1H3,(H,26,28). The van der Waals surface area contributed by atoms with Gasteiger partial charge in [-0.1, -0.05) is 30.3 Å². The van der Waals surface area contributed by atoms with Crippen molar-refractivity contribution in [3.05, 3.63) is 90.7 Å². The molecule has 32 heavy (non-hydrogen) atoms. The van der Waals surface area contributed by atoms with Gasteiger partial charge in [-0.25, -0.2) is 12.8 Å². The van der Waals surface area contributed by atoms with Crippen LogP contribution in [0, 0.1) is 5.82 Å². The van der Waals surface area contributed by atoms with Crippen molar-refractivity contribution in [2.24, 2.45) is 0 Å². The molecule has 0 aliphatic rings. The smallest absolute Gasteiger partial charge is 0.261 e. The SMILES string of the molecule is CC(=O)Nc1ccc(S(=O)(=O)Nc2ccc(Oc3ccc4ccccc4c3)c(F)c2)cc1. The Hall–Kier alpha value is -3.91. The minimum atomic E-state index is -3.94. The van der Waals surface area contributed by atoms with Crippen LogP contribution < -0.4 is 14.8 Å². The van der Waals surface area contributed by atoms with E-state index in [0.717, 1.165) is 16.8 Å². The van der Waals surface area contributed by atoms with E-state index in [2.05, 4.69) is 10.0 Å². The first-order valence-electron chi connectivity index (χ1n) is 9.67. The lowest BCUT2D eigenvalue weighted by molar-refractivity contribution is -0.114. The van der Waals surface area contributed by atoms with E-state index < -0.39 is 15.8 Å². The molecule has 8 heteroatoms. The van der Waals surface area contributed by atoms with Crippen molar-refractivity contribution in [3.63, 3.8) is 0 Å². The summed E-state index contributed by atoms with van der Waals surface area (Å²) in [5, 5.41) is 4.55. The first-order chi connectivity index (χ1) is 15.3. The second-order valence-corrected chi connectivity index (χ2v) is 8.75. The van der Waals surface area contributed by atoms with Crippen LogP contribution in [-0.4, -0.2) is 14.3 Å². The van der Waals surface area contributed by atoms with Gasteiger partial charge in [-0.05, 0) is 59.3 Å². The number of hydrogen-bond acceptors (Lipinski definition) is 4. The molecule has 6 nitrogen and oxygen atoms in total. The molecule has 4 aromatic rings. The number of nitrogens with one attached hydrogen (secondary N) is 2. The molecule has 0 radical (unpaired) electrons. The molecule has 0 heterocycles. The van der Waals surface area contributed by atoms with Crippen LogP contribution in [0.5, 0.6) is 11.5 Å². The molecule has 0 aliphatic heterocycles. The van der Waals surface area contributed by atoms with E-state index in [1.54, 1.807) is 12.1 Å². The highest BCUT2D eigenvalue weighted by molar-refractivity contribution is 7.92. The summed E-state index contributed by atoms with van der Waals surface area (Å²) in [6.45, 7) is 1.36. The van der Waals surface area contributed by atoms with Crippen molar-refractivity contribution >= 4 is 38.1 Å². The summed E-state index contributed by atoms with van der Waals surface area (Å²) in [7, 11) is -3.94. The fourth-order valence-electron chi connectivity index (χ4n) is 3.14. The maximum Gasteiger partial charge on any atom is 0.261 e. The minimum Gasteiger partial charge on any atom is -0.454 e. The Kier molecular flexibility index (Phi) is 5.79. The van der Waals surface area contributed by atoms with Gasteiger partial charge in [0.05, 0.1) is 10.6 Å². The molecule has 162 valence electrons. The maximum absolute atomic E-state index is 14.6. The molecule has 0 bridgehead atoms. The van der Waals surface area contributed by atoms with Crippen LogP contribution in [0.15, 0.2) is 89.8 Å². The lowest BCUT2D eigenvalue weighted by atomic mass is 10.1. The maximum atomic E-state index is 14.6. The Balaban J connectivity index is 1.50. The molecule has 2 N–H and O–H groups in total. The summed E-state index contributed by atoms with van der Waals surface area (Å²) in [4.78, 5) is 11.1. The van der Waals surface area contributed by atoms with E-state index in [9.17, 15) is 17.6 Å². The van der Waals surface area contributed by atoms with Crippen LogP contribution in [0.25, 0.3) is 10.8 Å². The number of carbonyl (C=O) groups is 1. The number of halogens is 1. The van der Waals surface area contributed by atoms with Crippen LogP contribution in [0.1, 0.15) is 6.92 Å². The lowest BCUT2D eigenvalue weighted by Gasteiger charge is -2.12. The topological polar surface area (TPSA) is 84.5 Å². The van der Waals surface area contributed by atoms with E-state index in [0.29, 0.717) is 11.4 Å². The summed E-state index contributed by atoms with van der Waals surface area (Å²) in [5.74, 6) is -0.530. The normalized spacial score (nSPS) is 11.2. The quantitative estimate of drug-likeness (QED) is 0.405. The zero-order valence-corrected chi connectivity index (χ0v) is 17.8. The molecule has 4 rings (SSSR count). The summed E-state index contributed by atoms with van der Waals surface area (Å²) >= 11 is 0. The zero-order valence-electron chi connectivity index (χ0n) is 17.0. The van der Waals surface area contributed by atoms with Gasteiger partial charge in [0.1, 0.15) is 5.75 Å². The Morgan fingerprint density at radius 3 is 2.22 bits per heavy atom. The Morgan fingerprint density at radius 2 is 1.53 bits per heavy atom. The number of carbonyl (C=O) groups excluding carboxylic acids is 1. The van der Waals surface area contributed by atoms with Gasteiger partial charge in [0, 0.05) is 18.7 Å². The van der Waals surface area contributed by atoms with Crippen LogP contribution in [-0.2, 0) is 14.8 Å². The monoisotopic (exact) mass is 450 g/mol. The van der Waals surface area contributed by atoms with Crippen molar-refractivity contribution in [1.29, 1.82) is 0 Å². The number of rotatable bonds is 6. The van der Waals surface area contributed by atoms with Gasteiger partial charge in [-0.15, -0.1) is 0 Å². The van der Waals surface area contributed by atoms with E-state index in [4.69, 9.17) is 4.74 Å². The summed E-state index contributed by atoms with van der Waals surface area (Å²) < 4.78 is 47.8. The number of anilines is 2. The molecule has 0 aliphatic carbocycles. The lowest BCUT2D eigenvalue weighted by Crippen LogP contribution is -2.13. The van der Waals surface area contributed by atoms with Crippen molar-refractivity contribution in [2.75, 3.05) is 10.0 Å². The molecule has 0 fully saturated rings. The van der Waals surface area contributed by atoms with Gasteiger partial charge < -0.3 is 10.1 Å². The van der Waals surface area contributed by atoms with E-state index >= 15 is 0 Å². The molecule has 1 amide bonds. The fraction of sp³-hybridized carbons (Fsp3) is 0.0417. The summed E-state index contributed by atoms with van der Waals surface area (Å²) in [6, 6.07) is 22.6. The molecule has 0 aromatic heterocycles.